The lowest BCUT2D eigenvalue weighted by atomic mass is 9.89. The lowest BCUT2D eigenvalue weighted by Gasteiger charge is -2.36. The number of hydrogen-bond donors (Lipinski definition) is 6. The Labute approximate surface area is 243 Å². The maximum absolute atomic E-state index is 13.0. The highest BCUT2D eigenvalue weighted by atomic mass is 16.6. The van der Waals surface area contributed by atoms with E-state index in [1.165, 1.54) is 6.08 Å². The van der Waals surface area contributed by atoms with Crippen molar-refractivity contribution in [1.29, 1.82) is 0 Å². The van der Waals surface area contributed by atoms with Gasteiger partial charge in [0.05, 0.1) is 12.1 Å². The average molecular weight is 581 g/mol. The van der Waals surface area contributed by atoms with Crippen LogP contribution in [0.15, 0.2) is 72.3 Å². The summed E-state index contributed by atoms with van der Waals surface area (Å²) in [6, 6.07) is 15.0. The Balaban J connectivity index is 1.91. The monoisotopic (exact) mass is 580 g/mol. The van der Waals surface area contributed by atoms with Crippen LogP contribution in [0, 0.1) is 5.92 Å². The molecule has 224 valence electrons. The summed E-state index contributed by atoms with van der Waals surface area (Å²) in [6.07, 6.45) is -3.05. The van der Waals surface area contributed by atoms with Crippen LogP contribution in [0.5, 0.6) is 0 Å². The first-order valence-corrected chi connectivity index (χ1v) is 13.4. The van der Waals surface area contributed by atoms with E-state index in [0.29, 0.717) is 11.4 Å². The fourth-order valence-electron chi connectivity index (χ4n) is 4.07. The molecule has 0 aromatic heterocycles. The number of nitrogens with two attached hydrogens (primary N) is 2. The SMILES string of the molecule is CC(C)C(N)C(=O)NC1C=C(C(=O)NCCC(N)=O)CC(OC(=O)Nc2ccccc2)C1OC(=O)Nc1ccccc1. The number of amides is 5. The van der Waals surface area contributed by atoms with Crippen molar-refractivity contribution in [1.82, 2.24) is 10.6 Å². The minimum atomic E-state index is -1.25. The van der Waals surface area contributed by atoms with Gasteiger partial charge in [0, 0.05) is 36.3 Å². The van der Waals surface area contributed by atoms with Crippen LogP contribution in [0.2, 0.25) is 0 Å². The number of para-hydroxylation sites is 2. The average Bonchev–Trinajstić information content (AvgIpc) is 2.94. The molecule has 4 unspecified atom stereocenters. The zero-order valence-electron chi connectivity index (χ0n) is 23.4. The standard InChI is InChI=1S/C29H36N6O7/c1-17(2)24(31)27(38)35-21-15-18(26(37)32-14-13-23(30)36)16-22(41-28(39)33-19-9-5-3-6-10-19)25(21)42-29(40)34-20-11-7-4-8-12-20/h3-12,15,17,21-22,24-25H,13-14,16,31H2,1-2H3,(H2,30,36)(H,32,37)(H,33,39)(H,34,40)(H,35,38). The molecule has 5 amide bonds. The second kappa shape index (κ2) is 15.2. The van der Waals surface area contributed by atoms with E-state index in [9.17, 15) is 24.0 Å². The van der Waals surface area contributed by atoms with Gasteiger partial charge in [0.1, 0.15) is 6.10 Å². The summed E-state index contributed by atoms with van der Waals surface area (Å²) in [4.78, 5) is 62.9. The Morgan fingerprint density at radius 3 is 1.95 bits per heavy atom. The normalized spacial score (nSPS) is 18.6. The topological polar surface area (TPSA) is 204 Å². The quantitative estimate of drug-likeness (QED) is 0.231. The molecule has 13 nitrogen and oxygen atoms in total. The summed E-state index contributed by atoms with van der Waals surface area (Å²) in [7, 11) is 0. The van der Waals surface area contributed by atoms with Crippen molar-refractivity contribution in [3.8, 4) is 0 Å². The third-order valence-corrected chi connectivity index (χ3v) is 6.34. The molecule has 3 rings (SSSR count). The molecule has 0 saturated carbocycles. The Morgan fingerprint density at radius 2 is 1.43 bits per heavy atom. The van der Waals surface area contributed by atoms with Gasteiger partial charge in [0.25, 0.3) is 0 Å². The van der Waals surface area contributed by atoms with Crippen molar-refractivity contribution in [2.24, 2.45) is 17.4 Å². The third-order valence-electron chi connectivity index (χ3n) is 6.34. The number of rotatable bonds is 11. The first-order valence-electron chi connectivity index (χ1n) is 13.4. The highest BCUT2D eigenvalue weighted by Crippen LogP contribution is 2.26. The van der Waals surface area contributed by atoms with Gasteiger partial charge >= 0.3 is 12.2 Å². The van der Waals surface area contributed by atoms with Gasteiger partial charge in [-0.2, -0.15) is 0 Å². The van der Waals surface area contributed by atoms with Crippen LogP contribution in [0.1, 0.15) is 26.7 Å². The predicted octanol–water partition coefficient (Wildman–Crippen LogP) is 2.01. The van der Waals surface area contributed by atoms with Crippen LogP contribution in [-0.2, 0) is 23.9 Å². The number of primary amides is 1. The Morgan fingerprint density at radius 1 is 0.881 bits per heavy atom. The largest absolute Gasteiger partial charge is 0.442 e. The fourth-order valence-corrected chi connectivity index (χ4v) is 4.07. The second-order valence-electron chi connectivity index (χ2n) is 9.97. The van der Waals surface area contributed by atoms with E-state index >= 15 is 0 Å². The predicted molar refractivity (Wildman–Crippen MR) is 155 cm³/mol. The highest BCUT2D eigenvalue weighted by Gasteiger charge is 2.42. The minimum Gasteiger partial charge on any atom is -0.442 e. The van der Waals surface area contributed by atoms with E-state index in [2.05, 4.69) is 21.3 Å². The van der Waals surface area contributed by atoms with Crippen LogP contribution in [0.4, 0.5) is 21.0 Å². The zero-order chi connectivity index (χ0) is 30.6. The molecule has 0 aliphatic heterocycles. The van der Waals surface area contributed by atoms with Gasteiger partial charge in [-0.05, 0) is 36.3 Å². The molecule has 4 atom stereocenters. The van der Waals surface area contributed by atoms with Crippen molar-refractivity contribution < 1.29 is 33.4 Å². The molecule has 0 spiro atoms. The molecule has 0 fully saturated rings. The van der Waals surface area contributed by atoms with Gasteiger partial charge in [-0.3, -0.25) is 25.0 Å². The molecular weight excluding hydrogens is 544 g/mol. The summed E-state index contributed by atoms with van der Waals surface area (Å²) in [5.74, 6) is -1.96. The maximum atomic E-state index is 13.0. The molecule has 0 radical (unpaired) electrons. The molecule has 2 aromatic rings. The zero-order valence-corrected chi connectivity index (χ0v) is 23.4. The van der Waals surface area contributed by atoms with Gasteiger partial charge in [0.15, 0.2) is 6.10 Å². The maximum Gasteiger partial charge on any atom is 0.412 e. The van der Waals surface area contributed by atoms with E-state index < -0.39 is 54.2 Å². The van der Waals surface area contributed by atoms with Crippen molar-refractivity contribution >= 4 is 41.3 Å². The van der Waals surface area contributed by atoms with Crippen LogP contribution in [-0.4, -0.2) is 60.7 Å². The van der Waals surface area contributed by atoms with Gasteiger partial charge < -0.3 is 31.6 Å². The molecule has 1 aliphatic rings. The number of anilines is 2. The van der Waals surface area contributed by atoms with Crippen LogP contribution >= 0.6 is 0 Å². The molecular formula is C29H36N6O7. The summed E-state index contributed by atoms with van der Waals surface area (Å²) < 4.78 is 11.4. The summed E-state index contributed by atoms with van der Waals surface area (Å²) in [5, 5.41) is 10.5. The molecule has 2 aromatic carbocycles. The van der Waals surface area contributed by atoms with Crippen molar-refractivity contribution in [2.75, 3.05) is 17.2 Å². The van der Waals surface area contributed by atoms with Crippen LogP contribution < -0.4 is 32.7 Å². The summed E-state index contributed by atoms with van der Waals surface area (Å²) in [6.45, 7) is 3.50. The number of nitrogens with one attached hydrogen (secondary N) is 4. The molecule has 13 heteroatoms. The van der Waals surface area contributed by atoms with Crippen molar-refractivity contribution in [2.45, 2.75) is 51.0 Å². The number of hydrogen-bond acceptors (Lipinski definition) is 8. The molecule has 0 heterocycles. The lowest BCUT2D eigenvalue weighted by molar-refractivity contribution is -0.126. The number of benzene rings is 2. The highest BCUT2D eigenvalue weighted by molar-refractivity contribution is 5.95. The third kappa shape index (κ3) is 9.63. The van der Waals surface area contributed by atoms with E-state index in [-0.39, 0.29) is 30.9 Å². The van der Waals surface area contributed by atoms with Crippen LogP contribution in [0.3, 0.4) is 0 Å². The summed E-state index contributed by atoms with van der Waals surface area (Å²) >= 11 is 0. The summed E-state index contributed by atoms with van der Waals surface area (Å²) in [5.41, 5.74) is 12.2. The van der Waals surface area contributed by atoms with Gasteiger partial charge in [-0.15, -0.1) is 0 Å². The molecule has 1 aliphatic carbocycles. The van der Waals surface area contributed by atoms with Gasteiger partial charge in [0.2, 0.25) is 17.7 Å². The van der Waals surface area contributed by atoms with Gasteiger partial charge in [-0.1, -0.05) is 50.2 Å². The lowest BCUT2D eigenvalue weighted by Crippen LogP contribution is -2.57. The Hall–Kier alpha value is -4.91. The van der Waals surface area contributed by atoms with E-state index in [4.69, 9.17) is 20.9 Å². The van der Waals surface area contributed by atoms with Crippen molar-refractivity contribution in [3.63, 3.8) is 0 Å². The molecule has 0 saturated heterocycles. The molecule has 42 heavy (non-hydrogen) atoms. The first-order chi connectivity index (χ1) is 20.0. The smallest absolute Gasteiger partial charge is 0.412 e. The second-order valence-corrected chi connectivity index (χ2v) is 9.97. The number of ether oxygens (including phenoxy) is 2. The first kappa shape index (κ1) is 31.6. The molecule has 8 N–H and O–H groups in total. The minimum absolute atomic E-state index is 0.0276. The van der Waals surface area contributed by atoms with E-state index in [1.807, 2.05) is 0 Å². The van der Waals surface area contributed by atoms with Gasteiger partial charge in [-0.25, -0.2) is 9.59 Å². The van der Waals surface area contributed by atoms with E-state index in [0.717, 1.165) is 0 Å². The van der Waals surface area contributed by atoms with E-state index in [1.54, 1.807) is 74.5 Å². The number of carbonyl (C=O) groups is 5. The Kier molecular flexibility index (Phi) is 11.4. The molecule has 0 bridgehead atoms. The fraction of sp³-hybridized carbons (Fsp3) is 0.345. The number of carbonyl (C=O) groups excluding carboxylic acids is 5. The Bertz CT molecular complexity index is 1290. The van der Waals surface area contributed by atoms with Crippen LogP contribution in [0.25, 0.3) is 0 Å². The van der Waals surface area contributed by atoms with Crippen molar-refractivity contribution in [3.05, 3.63) is 72.3 Å².